The van der Waals surface area contributed by atoms with E-state index in [4.69, 9.17) is 4.74 Å². The first-order chi connectivity index (χ1) is 12.1. The lowest BCUT2D eigenvalue weighted by atomic mass is 9.99. The van der Waals surface area contributed by atoms with Gasteiger partial charge in [-0.25, -0.2) is 0 Å². The van der Waals surface area contributed by atoms with Gasteiger partial charge >= 0.3 is 5.97 Å². The van der Waals surface area contributed by atoms with Gasteiger partial charge in [-0.3, -0.25) is 9.59 Å². The highest BCUT2D eigenvalue weighted by Gasteiger charge is 2.34. The number of carboxylic acids is 1. The van der Waals surface area contributed by atoms with Gasteiger partial charge in [-0.2, -0.15) is 0 Å². The molecule has 0 unspecified atom stereocenters. The second-order valence-corrected chi connectivity index (χ2v) is 6.61. The minimum Gasteiger partial charge on any atom is -0.488 e. The van der Waals surface area contributed by atoms with E-state index in [0.717, 1.165) is 28.5 Å². The topological polar surface area (TPSA) is 75.6 Å². The van der Waals surface area contributed by atoms with Crippen molar-refractivity contribution in [2.45, 2.75) is 25.3 Å². The van der Waals surface area contributed by atoms with Gasteiger partial charge in [0.1, 0.15) is 12.4 Å². The Morgan fingerprint density at radius 3 is 2.80 bits per heavy atom. The third-order valence-corrected chi connectivity index (χ3v) is 5.07. The highest BCUT2D eigenvalue weighted by atomic mass is 16.5. The molecule has 1 aliphatic heterocycles. The van der Waals surface area contributed by atoms with Crippen molar-refractivity contribution in [3.8, 4) is 5.75 Å². The molecular formula is C20H19NO4. The van der Waals surface area contributed by atoms with Crippen LogP contribution in [0.15, 0.2) is 42.0 Å². The van der Waals surface area contributed by atoms with Crippen molar-refractivity contribution in [2.75, 3.05) is 6.61 Å². The van der Waals surface area contributed by atoms with Crippen LogP contribution in [0.25, 0.3) is 16.8 Å². The molecule has 2 aromatic carbocycles. The van der Waals surface area contributed by atoms with Crippen LogP contribution in [0.1, 0.15) is 24.8 Å². The van der Waals surface area contributed by atoms with Crippen molar-refractivity contribution in [3.05, 3.63) is 47.5 Å². The van der Waals surface area contributed by atoms with Gasteiger partial charge in [0.15, 0.2) is 0 Å². The van der Waals surface area contributed by atoms with Gasteiger partial charge in [0.25, 0.3) is 5.91 Å². The Bertz CT molecular complexity index is 886. The van der Waals surface area contributed by atoms with Crippen LogP contribution in [0, 0.1) is 5.92 Å². The number of aliphatic carboxylic acids is 1. The molecule has 25 heavy (non-hydrogen) atoms. The average Bonchev–Trinajstić information content (AvgIpc) is 3.09. The van der Waals surface area contributed by atoms with Crippen molar-refractivity contribution < 1.29 is 19.4 Å². The summed E-state index contributed by atoms with van der Waals surface area (Å²) in [6, 6.07) is 11.6. The number of hydrogen-bond acceptors (Lipinski definition) is 3. The molecule has 1 heterocycles. The van der Waals surface area contributed by atoms with Crippen molar-refractivity contribution in [2.24, 2.45) is 5.92 Å². The number of ether oxygens (including phenoxy) is 1. The van der Waals surface area contributed by atoms with Gasteiger partial charge in [0.05, 0.1) is 11.5 Å². The van der Waals surface area contributed by atoms with Crippen molar-refractivity contribution in [1.82, 2.24) is 5.32 Å². The molecule has 1 aliphatic carbocycles. The third kappa shape index (κ3) is 2.86. The number of carboxylic acid groups (broad SMARTS) is 1. The number of nitrogens with one attached hydrogen (secondary N) is 1. The van der Waals surface area contributed by atoms with E-state index in [2.05, 4.69) is 5.32 Å². The number of fused-ring (bicyclic) bond motifs is 3. The summed E-state index contributed by atoms with van der Waals surface area (Å²) in [6.45, 7) is 0.196. The molecular weight excluding hydrogens is 318 g/mol. The molecule has 2 atom stereocenters. The Labute approximate surface area is 145 Å². The fourth-order valence-corrected chi connectivity index (χ4v) is 3.74. The van der Waals surface area contributed by atoms with E-state index in [9.17, 15) is 14.7 Å². The molecule has 0 radical (unpaired) electrons. The highest BCUT2D eigenvalue weighted by Crippen LogP contribution is 2.33. The summed E-state index contributed by atoms with van der Waals surface area (Å²) in [7, 11) is 0. The molecule has 1 amide bonds. The van der Waals surface area contributed by atoms with Crippen molar-refractivity contribution in [3.63, 3.8) is 0 Å². The number of rotatable bonds is 3. The molecule has 0 saturated heterocycles. The molecule has 4 rings (SSSR count). The lowest BCUT2D eigenvalue weighted by molar-refractivity contribution is -0.142. The maximum absolute atomic E-state index is 12.6. The molecule has 1 saturated carbocycles. The quantitative estimate of drug-likeness (QED) is 0.903. The number of carbonyl (C=O) groups excluding carboxylic acids is 1. The van der Waals surface area contributed by atoms with Crippen LogP contribution in [0.5, 0.6) is 5.75 Å². The first-order valence-electron chi connectivity index (χ1n) is 8.52. The van der Waals surface area contributed by atoms with Crippen LogP contribution in [-0.2, 0) is 9.59 Å². The maximum Gasteiger partial charge on any atom is 0.308 e. The number of amides is 1. The molecule has 5 heteroatoms. The van der Waals surface area contributed by atoms with E-state index in [1.165, 1.54) is 0 Å². The van der Waals surface area contributed by atoms with Crippen LogP contribution in [0.4, 0.5) is 0 Å². The van der Waals surface area contributed by atoms with Gasteiger partial charge in [-0.1, -0.05) is 36.8 Å². The molecule has 0 bridgehead atoms. The fraction of sp³-hybridized carbons (Fsp3) is 0.300. The molecule has 0 spiro atoms. The van der Waals surface area contributed by atoms with Gasteiger partial charge in [0.2, 0.25) is 0 Å². The van der Waals surface area contributed by atoms with Crippen molar-refractivity contribution >= 4 is 28.7 Å². The Kier molecular flexibility index (Phi) is 3.92. The molecule has 2 aromatic rings. The highest BCUT2D eigenvalue weighted by molar-refractivity contribution is 6.03. The molecule has 128 valence electrons. The summed E-state index contributed by atoms with van der Waals surface area (Å²) in [5.74, 6) is -0.813. The molecule has 0 aromatic heterocycles. The summed E-state index contributed by atoms with van der Waals surface area (Å²) >= 11 is 0. The molecule has 2 aliphatic rings. The third-order valence-electron chi connectivity index (χ3n) is 5.07. The smallest absolute Gasteiger partial charge is 0.308 e. The van der Waals surface area contributed by atoms with Gasteiger partial charge < -0.3 is 15.2 Å². The standard InChI is InChI=1S/C20H19NO4/c22-19(21-17-7-3-6-15(17)20(23)24)13-10-16-14-5-2-1-4-12(14)8-9-18(16)25-11-13/h1-2,4-5,8-10,15,17H,3,6-7,11H2,(H,21,22)(H,23,24)/t15-,17+/m0/s1. The first-order valence-corrected chi connectivity index (χ1v) is 8.52. The zero-order chi connectivity index (χ0) is 17.4. The predicted molar refractivity (Wildman–Crippen MR) is 94.3 cm³/mol. The number of hydrogen-bond donors (Lipinski definition) is 2. The lowest BCUT2D eigenvalue weighted by Crippen LogP contribution is -2.41. The summed E-state index contributed by atoms with van der Waals surface area (Å²) < 4.78 is 5.76. The first kappa shape index (κ1) is 15.7. The zero-order valence-electron chi connectivity index (χ0n) is 13.7. The van der Waals surface area contributed by atoms with Crippen LogP contribution in [-0.4, -0.2) is 29.6 Å². The van der Waals surface area contributed by atoms with E-state index >= 15 is 0 Å². The van der Waals surface area contributed by atoms with Gasteiger partial charge in [-0.15, -0.1) is 0 Å². The summed E-state index contributed by atoms with van der Waals surface area (Å²) in [5.41, 5.74) is 1.43. The lowest BCUT2D eigenvalue weighted by Gasteiger charge is -2.22. The van der Waals surface area contributed by atoms with E-state index < -0.39 is 11.9 Å². The molecule has 1 fully saturated rings. The van der Waals surface area contributed by atoms with E-state index in [-0.39, 0.29) is 18.6 Å². The van der Waals surface area contributed by atoms with E-state index in [1.54, 1.807) is 0 Å². The van der Waals surface area contributed by atoms with Gasteiger partial charge in [-0.05, 0) is 35.8 Å². The Morgan fingerprint density at radius 2 is 1.96 bits per heavy atom. The number of benzene rings is 2. The minimum atomic E-state index is -0.840. The SMILES string of the molecule is O=C(N[C@@H]1CCC[C@@H]1C(=O)O)C1=Cc2c(ccc3ccccc23)OC1. The van der Waals surface area contributed by atoms with Crippen LogP contribution >= 0.6 is 0 Å². The number of carbonyl (C=O) groups is 2. The normalized spacial score (nSPS) is 22.0. The monoisotopic (exact) mass is 337 g/mol. The largest absolute Gasteiger partial charge is 0.488 e. The van der Waals surface area contributed by atoms with Crippen LogP contribution in [0.2, 0.25) is 0 Å². The van der Waals surface area contributed by atoms with Crippen molar-refractivity contribution in [1.29, 1.82) is 0 Å². The minimum absolute atomic E-state index is 0.196. The fourth-order valence-electron chi connectivity index (χ4n) is 3.74. The summed E-state index contributed by atoms with van der Waals surface area (Å²) in [5, 5.41) is 14.3. The van der Waals surface area contributed by atoms with Gasteiger partial charge in [0, 0.05) is 11.6 Å². The Morgan fingerprint density at radius 1 is 1.12 bits per heavy atom. The van der Waals surface area contributed by atoms with Crippen LogP contribution < -0.4 is 10.1 Å². The zero-order valence-corrected chi connectivity index (χ0v) is 13.7. The predicted octanol–water partition coefficient (Wildman–Crippen LogP) is 2.99. The van der Waals surface area contributed by atoms with E-state index in [1.807, 2.05) is 42.5 Å². The Balaban J connectivity index is 1.62. The summed E-state index contributed by atoms with van der Waals surface area (Å²) in [6.07, 6.45) is 4.01. The second kappa shape index (κ2) is 6.24. The molecule has 5 nitrogen and oxygen atoms in total. The molecule has 2 N–H and O–H groups in total. The van der Waals surface area contributed by atoms with Crippen LogP contribution in [0.3, 0.4) is 0 Å². The Hall–Kier alpha value is -2.82. The van der Waals surface area contributed by atoms with E-state index in [0.29, 0.717) is 18.4 Å². The second-order valence-electron chi connectivity index (χ2n) is 6.61. The summed E-state index contributed by atoms with van der Waals surface area (Å²) in [4.78, 5) is 23.9. The maximum atomic E-state index is 12.6. The average molecular weight is 337 g/mol.